The standard InChI is InChI=1S/C22H29F2N3O7/c1-13(25-16(28)10-27-8-6-22(7-9-27)11-33-12-22)19(30)26-17(20(31)32)18(29)14-2-4-15(5-3-14)34-21(23)24/h2-5,13,17-18,21,29H,6-12H2,1H3,(H,25,28)(H,26,30)(H,31,32)/t13-,17-,18+/m0/s1. The number of hydrogen-bond acceptors (Lipinski definition) is 7. The summed E-state index contributed by atoms with van der Waals surface area (Å²) in [7, 11) is 0. The first kappa shape index (κ1) is 25.8. The summed E-state index contributed by atoms with van der Waals surface area (Å²) in [6.45, 7) is 1.53. The van der Waals surface area contributed by atoms with Crippen LogP contribution in [0.15, 0.2) is 24.3 Å². The highest BCUT2D eigenvalue weighted by molar-refractivity contribution is 5.90. The molecule has 4 N–H and O–H groups in total. The van der Waals surface area contributed by atoms with Crippen LogP contribution in [0, 0.1) is 5.41 Å². The Labute approximate surface area is 195 Å². The van der Waals surface area contributed by atoms with Crippen molar-refractivity contribution in [1.82, 2.24) is 15.5 Å². The zero-order valence-corrected chi connectivity index (χ0v) is 18.7. The first-order valence-electron chi connectivity index (χ1n) is 10.9. The number of aliphatic hydroxyl groups excluding tert-OH is 1. The second-order valence-corrected chi connectivity index (χ2v) is 8.78. The van der Waals surface area contributed by atoms with E-state index in [1.165, 1.54) is 19.1 Å². The molecule has 1 spiro atoms. The number of rotatable bonds is 10. The van der Waals surface area contributed by atoms with E-state index in [4.69, 9.17) is 4.74 Å². The lowest BCUT2D eigenvalue weighted by atomic mass is 9.77. The number of carboxylic acid groups (broad SMARTS) is 1. The van der Waals surface area contributed by atoms with Crippen molar-refractivity contribution < 1.29 is 42.9 Å². The van der Waals surface area contributed by atoms with E-state index in [-0.39, 0.29) is 29.2 Å². The van der Waals surface area contributed by atoms with Gasteiger partial charge in [-0.1, -0.05) is 12.1 Å². The van der Waals surface area contributed by atoms with E-state index in [1.807, 2.05) is 4.90 Å². The van der Waals surface area contributed by atoms with Gasteiger partial charge in [0.1, 0.15) is 17.9 Å². The quantitative estimate of drug-likeness (QED) is 0.376. The van der Waals surface area contributed by atoms with Gasteiger partial charge in [-0.3, -0.25) is 14.5 Å². The van der Waals surface area contributed by atoms with Crippen LogP contribution in [0.5, 0.6) is 5.75 Å². The van der Waals surface area contributed by atoms with E-state index in [1.54, 1.807) is 0 Å². The number of ether oxygens (including phenoxy) is 2. The number of nitrogens with zero attached hydrogens (tertiary/aromatic N) is 1. The number of carboxylic acids is 1. The molecule has 0 unspecified atom stereocenters. The smallest absolute Gasteiger partial charge is 0.387 e. The summed E-state index contributed by atoms with van der Waals surface area (Å²) >= 11 is 0. The predicted octanol–water partition coefficient (Wildman–Crippen LogP) is 0.508. The molecule has 2 aliphatic heterocycles. The molecule has 0 aliphatic carbocycles. The van der Waals surface area contributed by atoms with Crippen LogP contribution in [0.2, 0.25) is 0 Å². The average molecular weight is 485 g/mol. The van der Waals surface area contributed by atoms with Gasteiger partial charge in [0.25, 0.3) is 0 Å². The molecule has 0 saturated carbocycles. The van der Waals surface area contributed by atoms with Gasteiger partial charge in [-0.05, 0) is 50.6 Å². The van der Waals surface area contributed by atoms with Gasteiger partial charge in [0.05, 0.1) is 19.8 Å². The minimum atomic E-state index is -3.03. The molecular formula is C22H29F2N3O7. The predicted molar refractivity (Wildman–Crippen MR) is 114 cm³/mol. The fourth-order valence-corrected chi connectivity index (χ4v) is 4.01. The SMILES string of the molecule is C[C@H](NC(=O)CN1CCC2(CC1)COC2)C(=O)N[C@H](C(=O)O)[C@H](O)c1ccc(OC(F)F)cc1. The first-order chi connectivity index (χ1) is 16.1. The molecule has 0 aromatic heterocycles. The fourth-order valence-electron chi connectivity index (χ4n) is 4.01. The number of carbonyl (C=O) groups is 3. The van der Waals surface area contributed by atoms with E-state index in [2.05, 4.69) is 15.4 Å². The second-order valence-electron chi connectivity index (χ2n) is 8.78. The molecule has 0 radical (unpaired) electrons. The largest absolute Gasteiger partial charge is 0.480 e. The molecule has 34 heavy (non-hydrogen) atoms. The van der Waals surface area contributed by atoms with E-state index in [0.717, 1.165) is 51.3 Å². The minimum Gasteiger partial charge on any atom is -0.480 e. The van der Waals surface area contributed by atoms with Crippen molar-refractivity contribution in [2.45, 2.75) is 44.6 Å². The van der Waals surface area contributed by atoms with Crippen LogP contribution in [0.3, 0.4) is 0 Å². The van der Waals surface area contributed by atoms with Crippen molar-refractivity contribution in [1.29, 1.82) is 0 Å². The summed E-state index contributed by atoms with van der Waals surface area (Å²) in [5.41, 5.74) is 0.314. The van der Waals surface area contributed by atoms with Gasteiger partial charge < -0.3 is 30.3 Å². The van der Waals surface area contributed by atoms with Crippen molar-refractivity contribution in [3.63, 3.8) is 0 Å². The minimum absolute atomic E-state index is 0.0748. The van der Waals surface area contributed by atoms with Crippen LogP contribution in [0.25, 0.3) is 0 Å². The molecule has 2 heterocycles. The van der Waals surface area contributed by atoms with Crippen LogP contribution < -0.4 is 15.4 Å². The molecule has 2 amide bonds. The fraction of sp³-hybridized carbons (Fsp3) is 0.591. The number of likely N-dealkylation sites (tertiary alicyclic amines) is 1. The molecule has 1 aromatic carbocycles. The number of amides is 2. The highest BCUT2D eigenvalue weighted by Gasteiger charge is 2.41. The van der Waals surface area contributed by atoms with Crippen molar-refractivity contribution in [2.24, 2.45) is 5.41 Å². The number of carbonyl (C=O) groups excluding carboxylic acids is 2. The maximum atomic E-state index is 12.5. The Hall–Kier alpha value is -2.83. The Morgan fingerprint density at radius 3 is 2.26 bits per heavy atom. The Kier molecular flexibility index (Phi) is 8.39. The lowest BCUT2D eigenvalue weighted by molar-refractivity contribution is -0.146. The third-order valence-electron chi connectivity index (χ3n) is 6.20. The Balaban J connectivity index is 1.49. The molecular weight excluding hydrogens is 456 g/mol. The van der Waals surface area contributed by atoms with Gasteiger partial charge in [-0.25, -0.2) is 4.79 Å². The van der Waals surface area contributed by atoms with Crippen molar-refractivity contribution in [2.75, 3.05) is 32.8 Å². The summed E-state index contributed by atoms with van der Waals surface area (Å²) in [5.74, 6) is -2.83. The number of halogens is 2. The van der Waals surface area contributed by atoms with Crippen LogP contribution in [0.1, 0.15) is 31.4 Å². The molecule has 12 heteroatoms. The van der Waals surface area contributed by atoms with Crippen molar-refractivity contribution in [3.8, 4) is 5.75 Å². The molecule has 10 nitrogen and oxygen atoms in total. The van der Waals surface area contributed by atoms with Gasteiger partial charge in [-0.2, -0.15) is 8.78 Å². The zero-order chi connectivity index (χ0) is 24.9. The molecule has 1 aromatic rings. The van der Waals surface area contributed by atoms with Crippen LogP contribution in [-0.4, -0.2) is 84.4 Å². The monoisotopic (exact) mass is 485 g/mol. The molecule has 3 atom stereocenters. The number of aliphatic hydroxyl groups is 1. The summed E-state index contributed by atoms with van der Waals surface area (Å²) in [6, 6.07) is 1.96. The highest BCUT2D eigenvalue weighted by atomic mass is 19.3. The first-order valence-corrected chi connectivity index (χ1v) is 10.9. The van der Waals surface area contributed by atoms with Crippen molar-refractivity contribution in [3.05, 3.63) is 29.8 Å². The summed E-state index contributed by atoms with van der Waals surface area (Å²) < 4.78 is 34.0. The molecule has 0 bridgehead atoms. The topological polar surface area (TPSA) is 137 Å². The Morgan fingerprint density at radius 2 is 1.76 bits per heavy atom. The van der Waals surface area contributed by atoms with Gasteiger partial charge in [-0.15, -0.1) is 0 Å². The van der Waals surface area contributed by atoms with E-state index < -0.39 is 36.7 Å². The Bertz CT molecular complexity index is 870. The summed E-state index contributed by atoms with van der Waals surface area (Å²) in [5, 5.41) is 24.7. The number of alkyl halides is 2. The number of hydrogen-bond donors (Lipinski definition) is 4. The Morgan fingerprint density at radius 1 is 1.15 bits per heavy atom. The normalized spacial score (nSPS) is 20.1. The molecule has 2 fully saturated rings. The second kappa shape index (κ2) is 11.1. The molecule has 2 saturated heterocycles. The van der Waals surface area contributed by atoms with E-state index in [9.17, 15) is 33.4 Å². The van der Waals surface area contributed by atoms with Crippen LogP contribution >= 0.6 is 0 Å². The van der Waals surface area contributed by atoms with Gasteiger partial charge in [0, 0.05) is 5.41 Å². The van der Waals surface area contributed by atoms with Gasteiger partial charge in [0.2, 0.25) is 11.8 Å². The number of nitrogens with one attached hydrogen (secondary N) is 2. The molecule has 188 valence electrons. The lowest BCUT2D eigenvalue weighted by Gasteiger charge is -2.47. The third kappa shape index (κ3) is 6.61. The van der Waals surface area contributed by atoms with Crippen LogP contribution in [0.4, 0.5) is 8.78 Å². The summed E-state index contributed by atoms with van der Waals surface area (Å²) in [4.78, 5) is 38.5. The number of piperidine rings is 1. The van der Waals surface area contributed by atoms with Crippen molar-refractivity contribution >= 4 is 17.8 Å². The van der Waals surface area contributed by atoms with Gasteiger partial charge >= 0.3 is 12.6 Å². The van der Waals surface area contributed by atoms with Gasteiger partial charge in [0.15, 0.2) is 6.04 Å². The zero-order valence-electron chi connectivity index (χ0n) is 18.7. The average Bonchev–Trinajstić information content (AvgIpc) is 2.76. The maximum Gasteiger partial charge on any atom is 0.387 e. The molecule has 2 aliphatic rings. The van der Waals surface area contributed by atoms with Crippen LogP contribution in [-0.2, 0) is 19.1 Å². The molecule has 3 rings (SSSR count). The summed E-state index contributed by atoms with van der Waals surface area (Å²) in [6.07, 6.45) is 0.231. The third-order valence-corrected chi connectivity index (χ3v) is 6.20. The van der Waals surface area contributed by atoms with E-state index in [0.29, 0.717) is 0 Å². The number of benzene rings is 1. The highest BCUT2D eigenvalue weighted by Crippen LogP contribution is 2.38. The maximum absolute atomic E-state index is 12.5. The van der Waals surface area contributed by atoms with E-state index >= 15 is 0 Å². The number of aliphatic carboxylic acids is 1. The lowest BCUT2D eigenvalue weighted by Crippen LogP contribution is -2.55.